The SMILES string of the molecule is Cc1cc(-c2onc(C=O)c2-c2ccc(F)cc2)c(OCc2ccccc2)cc1OCc1ccccc1. The number of carbonyl (C=O) groups excluding carboxylic acids is 1. The van der Waals surface area contributed by atoms with Crippen LogP contribution in [0.4, 0.5) is 4.39 Å². The standard InChI is InChI=1S/C31H24FNO4/c1-21-16-26(31-30(27(18-34)33-37-31)24-12-14-25(32)15-13-24)29(36-20-23-10-6-3-7-11-23)17-28(21)35-19-22-8-4-2-5-9-22/h2-18H,19-20H2,1H3. The van der Waals surface area contributed by atoms with Crippen molar-refractivity contribution in [2.75, 3.05) is 0 Å². The molecular formula is C31H24FNO4. The van der Waals surface area contributed by atoms with Gasteiger partial charge in [0.1, 0.15) is 30.5 Å². The molecule has 6 heteroatoms. The fourth-order valence-corrected chi connectivity index (χ4v) is 4.05. The molecule has 5 rings (SSSR count). The Morgan fingerprint density at radius 1 is 0.811 bits per heavy atom. The number of aldehydes is 1. The molecule has 1 heterocycles. The molecule has 0 fully saturated rings. The minimum Gasteiger partial charge on any atom is -0.488 e. The third-order valence-corrected chi connectivity index (χ3v) is 5.96. The van der Waals surface area contributed by atoms with Gasteiger partial charge in [-0.15, -0.1) is 0 Å². The Hall–Kier alpha value is -4.71. The van der Waals surface area contributed by atoms with Gasteiger partial charge in [0.25, 0.3) is 0 Å². The van der Waals surface area contributed by atoms with Crippen molar-refractivity contribution in [3.8, 4) is 33.9 Å². The summed E-state index contributed by atoms with van der Waals surface area (Å²) in [6.45, 7) is 2.65. The smallest absolute Gasteiger partial charge is 0.179 e. The normalized spacial score (nSPS) is 10.8. The first-order valence-electron chi connectivity index (χ1n) is 11.8. The van der Waals surface area contributed by atoms with Crippen LogP contribution in [0.5, 0.6) is 11.5 Å². The van der Waals surface area contributed by atoms with Crippen molar-refractivity contribution < 1.29 is 23.2 Å². The lowest BCUT2D eigenvalue weighted by atomic mass is 9.98. The Labute approximate surface area is 214 Å². The fourth-order valence-electron chi connectivity index (χ4n) is 4.05. The Kier molecular flexibility index (Phi) is 7.08. The molecule has 0 saturated carbocycles. The maximum absolute atomic E-state index is 13.6. The summed E-state index contributed by atoms with van der Waals surface area (Å²) in [6.07, 6.45) is 0.625. The lowest BCUT2D eigenvalue weighted by molar-refractivity contribution is 0.111. The number of benzene rings is 4. The number of ether oxygens (including phenoxy) is 2. The van der Waals surface area contributed by atoms with Crippen LogP contribution in [-0.4, -0.2) is 11.4 Å². The van der Waals surface area contributed by atoms with E-state index in [1.165, 1.54) is 12.1 Å². The van der Waals surface area contributed by atoms with Gasteiger partial charge in [0, 0.05) is 6.07 Å². The summed E-state index contributed by atoms with van der Waals surface area (Å²) < 4.78 is 31.7. The average Bonchev–Trinajstić information content (AvgIpc) is 3.37. The van der Waals surface area contributed by atoms with Crippen molar-refractivity contribution in [2.45, 2.75) is 20.1 Å². The van der Waals surface area contributed by atoms with Crippen molar-refractivity contribution in [3.63, 3.8) is 0 Å². The number of aromatic nitrogens is 1. The second kappa shape index (κ2) is 10.9. The first kappa shape index (κ1) is 24.0. The van der Waals surface area contributed by atoms with Crippen molar-refractivity contribution in [1.29, 1.82) is 0 Å². The van der Waals surface area contributed by atoms with Crippen LogP contribution >= 0.6 is 0 Å². The van der Waals surface area contributed by atoms with Gasteiger partial charge in [0.15, 0.2) is 17.7 Å². The number of halogens is 1. The summed E-state index contributed by atoms with van der Waals surface area (Å²) in [4.78, 5) is 11.8. The summed E-state index contributed by atoms with van der Waals surface area (Å²) in [6, 6.07) is 29.3. The maximum Gasteiger partial charge on any atom is 0.179 e. The zero-order chi connectivity index (χ0) is 25.6. The van der Waals surface area contributed by atoms with Crippen LogP contribution in [0.25, 0.3) is 22.5 Å². The molecule has 0 atom stereocenters. The van der Waals surface area contributed by atoms with Gasteiger partial charge in [-0.25, -0.2) is 4.39 Å². The number of aryl methyl sites for hydroxylation is 1. The molecule has 0 bridgehead atoms. The Morgan fingerprint density at radius 2 is 1.41 bits per heavy atom. The highest BCUT2D eigenvalue weighted by atomic mass is 19.1. The van der Waals surface area contributed by atoms with Crippen molar-refractivity contribution in [1.82, 2.24) is 5.16 Å². The van der Waals surface area contributed by atoms with Crippen molar-refractivity contribution >= 4 is 6.29 Å². The van der Waals surface area contributed by atoms with E-state index in [0.29, 0.717) is 53.4 Å². The van der Waals surface area contributed by atoms with E-state index in [2.05, 4.69) is 5.16 Å². The highest BCUT2D eigenvalue weighted by Gasteiger charge is 2.24. The molecule has 0 aliphatic rings. The molecule has 0 radical (unpaired) electrons. The van der Waals surface area contributed by atoms with Gasteiger partial charge in [-0.3, -0.25) is 4.79 Å². The molecule has 4 aromatic carbocycles. The van der Waals surface area contributed by atoms with Crippen molar-refractivity contribution in [2.24, 2.45) is 0 Å². The van der Waals surface area contributed by atoms with E-state index in [9.17, 15) is 9.18 Å². The number of hydrogen-bond donors (Lipinski definition) is 0. The van der Waals surface area contributed by atoms with E-state index in [1.54, 1.807) is 12.1 Å². The second-order valence-corrected chi connectivity index (χ2v) is 8.56. The number of carbonyl (C=O) groups is 1. The molecule has 0 aliphatic heterocycles. The molecule has 0 unspecified atom stereocenters. The molecule has 184 valence electrons. The van der Waals surface area contributed by atoms with Crippen LogP contribution in [-0.2, 0) is 13.2 Å². The predicted octanol–water partition coefficient (Wildman–Crippen LogP) is 7.43. The summed E-state index contributed by atoms with van der Waals surface area (Å²) in [5.74, 6) is 1.15. The van der Waals surface area contributed by atoms with Gasteiger partial charge in [-0.2, -0.15) is 0 Å². The third-order valence-electron chi connectivity index (χ3n) is 5.96. The summed E-state index contributed by atoms with van der Waals surface area (Å²) in [5, 5.41) is 3.97. The zero-order valence-corrected chi connectivity index (χ0v) is 20.2. The van der Waals surface area contributed by atoms with E-state index in [-0.39, 0.29) is 11.5 Å². The average molecular weight is 494 g/mol. The van der Waals surface area contributed by atoms with E-state index < -0.39 is 0 Å². The van der Waals surface area contributed by atoms with Gasteiger partial charge in [-0.05, 0) is 47.4 Å². The van der Waals surface area contributed by atoms with E-state index in [1.807, 2.05) is 79.7 Å². The Balaban J connectivity index is 1.57. The minimum absolute atomic E-state index is 0.123. The largest absolute Gasteiger partial charge is 0.488 e. The van der Waals surface area contributed by atoms with Gasteiger partial charge < -0.3 is 14.0 Å². The van der Waals surface area contributed by atoms with Gasteiger partial charge in [-0.1, -0.05) is 78.0 Å². The molecule has 0 saturated heterocycles. The van der Waals surface area contributed by atoms with E-state index in [0.717, 1.165) is 16.7 Å². The molecule has 0 spiro atoms. The van der Waals surface area contributed by atoms with Gasteiger partial charge in [0.05, 0.1) is 11.1 Å². The number of hydrogen-bond acceptors (Lipinski definition) is 5. The Morgan fingerprint density at radius 3 is 2.00 bits per heavy atom. The van der Waals surface area contributed by atoms with Crippen LogP contribution < -0.4 is 9.47 Å². The van der Waals surface area contributed by atoms with Crippen LogP contribution in [0, 0.1) is 12.7 Å². The topological polar surface area (TPSA) is 61.6 Å². The first-order valence-corrected chi connectivity index (χ1v) is 11.8. The number of nitrogens with zero attached hydrogens (tertiary/aromatic N) is 1. The molecule has 5 aromatic rings. The highest BCUT2D eigenvalue weighted by molar-refractivity contribution is 5.93. The lowest BCUT2D eigenvalue weighted by Crippen LogP contribution is -2.01. The summed E-state index contributed by atoms with van der Waals surface area (Å²) in [5.41, 5.74) is 4.70. The van der Waals surface area contributed by atoms with Crippen molar-refractivity contribution in [3.05, 3.63) is 125 Å². The van der Waals surface area contributed by atoms with E-state index in [4.69, 9.17) is 14.0 Å². The fraction of sp³-hybridized carbons (Fsp3) is 0.0968. The molecule has 0 aliphatic carbocycles. The van der Waals surface area contributed by atoms with Crippen LogP contribution in [0.3, 0.4) is 0 Å². The van der Waals surface area contributed by atoms with Crippen LogP contribution in [0.2, 0.25) is 0 Å². The molecular weight excluding hydrogens is 469 g/mol. The van der Waals surface area contributed by atoms with E-state index >= 15 is 0 Å². The third kappa shape index (κ3) is 5.43. The second-order valence-electron chi connectivity index (χ2n) is 8.56. The Bertz CT molecular complexity index is 1500. The first-order chi connectivity index (χ1) is 18.1. The highest BCUT2D eigenvalue weighted by Crippen LogP contribution is 2.42. The zero-order valence-electron chi connectivity index (χ0n) is 20.2. The van der Waals surface area contributed by atoms with Crippen LogP contribution in [0.15, 0.2) is 102 Å². The van der Waals surface area contributed by atoms with Crippen LogP contribution in [0.1, 0.15) is 27.2 Å². The minimum atomic E-state index is -0.378. The monoisotopic (exact) mass is 493 g/mol. The lowest BCUT2D eigenvalue weighted by Gasteiger charge is -2.16. The molecule has 0 N–H and O–H groups in total. The quantitative estimate of drug-likeness (QED) is 0.200. The molecule has 37 heavy (non-hydrogen) atoms. The summed E-state index contributed by atoms with van der Waals surface area (Å²) >= 11 is 0. The molecule has 0 amide bonds. The van der Waals surface area contributed by atoms with Gasteiger partial charge >= 0.3 is 0 Å². The molecule has 5 nitrogen and oxygen atoms in total. The number of rotatable bonds is 9. The predicted molar refractivity (Wildman–Crippen MR) is 139 cm³/mol. The van der Waals surface area contributed by atoms with Gasteiger partial charge in [0.2, 0.25) is 0 Å². The maximum atomic E-state index is 13.6. The summed E-state index contributed by atoms with van der Waals surface area (Å²) in [7, 11) is 0. The molecule has 1 aromatic heterocycles.